The summed E-state index contributed by atoms with van der Waals surface area (Å²) >= 11 is 6.07. The number of ether oxygens (including phenoxy) is 1. The van der Waals surface area contributed by atoms with E-state index < -0.39 is 16.1 Å². The van der Waals surface area contributed by atoms with Crippen molar-refractivity contribution in [1.29, 1.82) is 0 Å². The van der Waals surface area contributed by atoms with E-state index in [-0.39, 0.29) is 43.8 Å². The Kier molecular flexibility index (Phi) is 12.1. The maximum atomic E-state index is 13.7. The van der Waals surface area contributed by atoms with Crippen molar-refractivity contribution >= 4 is 39.1 Å². The maximum Gasteiger partial charge on any atom is 0.243 e. The van der Waals surface area contributed by atoms with Crippen molar-refractivity contribution in [2.24, 2.45) is 0 Å². The number of carbonyl (C=O) groups is 2. The molecule has 10 heteroatoms. The normalized spacial score (nSPS) is 14.8. The number of para-hydroxylation sites is 2. The molecule has 0 bridgehead atoms. The van der Waals surface area contributed by atoms with Gasteiger partial charge in [0.2, 0.25) is 21.8 Å². The van der Waals surface area contributed by atoms with Crippen LogP contribution in [0, 0.1) is 0 Å². The first-order valence-corrected chi connectivity index (χ1v) is 16.4. The van der Waals surface area contributed by atoms with Crippen LogP contribution in [0.2, 0.25) is 5.02 Å². The molecule has 1 atom stereocenters. The molecule has 0 saturated heterocycles. The van der Waals surface area contributed by atoms with Crippen LogP contribution in [-0.4, -0.2) is 56.6 Å². The lowest BCUT2D eigenvalue weighted by Crippen LogP contribution is -2.51. The first-order valence-electron chi connectivity index (χ1n) is 14.2. The predicted octanol–water partition coefficient (Wildman–Crippen LogP) is 5.54. The second kappa shape index (κ2) is 15.3. The monoisotopic (exact) mass is 591 g/mol. The van der Waals surface area contributed by atoms with Gasteiger partial charge in [-0.25, -0.2) is 8.42 Å². The van der Waals surface area contributed by atoms with E-state index in [4.69, 9.17) is 16.3 Å². The summed E-state index contributed by atoms with van der Waals surface area (Å²) < 4.78 is 32.4. The largest absolute Gasteiger partial charge is 0.492 e. The molecule has 2 aromatic rings. The third-order valence-corrected chi connectivity index (χ3v) is 8.62. The Morgan fingerprint density at radius 2 is 1.73 bits per heavy atom. The average Bonchev–Trinajstić information content (AvgIpc) is 2.92. The summed E-state index contributed by atoms with van der Waals surface area (Å²) in [5.74, 6) is 0.129. The predicted molar refractivity (Wildman–Crippen MR) is 160 cm³/mol. The van der Waals surface area contributed by atoms with Crippen LogP contribution in [0.5, 0.6) is 5.75 Å². The summed E-state index contributed by atoms with van der Waals surface area (Å²) in [6.45, 7) is 4.51. The molecule has 0 heterocycles. The molecular weight excluding hydrogens is 550 g/mol. The highest BCUT2D eigenvalue weighted by atomic mass is 35.5. The Bertz CT molecular complexity index is 1220. The fourth-order valence-corrected chi connectivity index (χ4v) is 6.27. The Hall–Kier alpha value is -2.78. The molecule has 0 unspecified atom stereocenters. The molecule has 0 radical (unpaired) electrons. The molecule has 1 fully saturated rings. The highest BCUT2D eigenvalue weighted by molar-refractivity contribution is 7.92. The Morgan fingerprint density at radius 3 is 2.35 bits per heavy atom. The summed E-state index contributed by atoms with van der Waals surface area (Å²) in [5, 5.41) is 3.77. The fourth-order valence-electron chi connectivity index (χ4n) is 5.17. The minimum Gasteiger partial charge on any atom is -0.492 e. The zero-order valence-corrected chi connectivity index (χ0v) is 25.3. The fraction of sp³-hybridized carbons (Fsp3) is 0.533. The van der Waals surface area contributed by atoms with Gasteiger partial charge in [0.05, 0.1) is 18.6 Å². The van der Waals surface area contributed by atoms with Gasteiger partial charge in [-0.05, 0) is 62.4 Å². The van der Waals surface area contributed by atoms with Crippen molar-refractivity contribution in [1.82, 2.24) is 10.2 Å². The molecule has 0 spiro atoms. The molecule has 1 saturated carbocycles. The van der Waals surface area contributed by atoms with E-state index in [1.54, 1.807) is 41.3 Å². The van der Waals surface area contributed by atoms with Crippen molar-refractivity contribution in [2.75, 3.05) is 23.7 Å². The lowest BCUT2D eigenvalue weighted by Gasteiger charge is -2.33. The van der Waals surface area contributed by atoms with Gasteiger partial charge in [0, 0.05) is 30.6 Å². The zero-order chi connectivity index (χ0) is 29.1. The minimum absolute atomic E-state index is 0.0869. The van der Waals surface area contributed by atoms with Crippen molar-refractivity contribution in [3.8, 4) is 5.75 Å². The SMILES string of the molecule is CCOc1ccccc1N(CCCC(=O)N(Cc1ccc(Cl)cc1)[C@H](CC)C(=O)NC1CCCCC1)S(C)(=O)=O. The van der Waals surface area contributed by atoms with Crippen molar-refractivity contribution < 1.29 is 22.7 Å². The van der Waals surface area contributed by atoms with Crippen LogP contribution in [0.3, 0.4) is 0 Å². The van der Waals surface area contributed by atoms with E-state index in [1.165, 1.54) is 10.7 Å². The molecular formula is C30H42ClN3O5S. The van der Waals surface area contributed by atoms with E-state index in [9.17, 15) is 18.0 Å². The summed E-state index contributed by atoms with van der Waals surface area (Å²) in [6, 6.07) is 13.7. The quantitative estimate of drug-likeness (QED) is 0.311. The molecule has 1 N–H and O–H groups in total. The van der Waals surface area contributed by atoms with Gasteiger partial charge in [0.25, 0.3) is 0 Å². The third kappa shape index (κ3) is 9.13. The van der Waals surface area contributed by atoms with Crippen LogP contribution >= 0.6 is 11.6 Å². The number of anilines is 1. The highest BCUT2D eigenvalue weighted by Crippen LogP contribution is 2.30. The number of sulfonamides is 1. The maximum absolute atomic E-state index is 13.7. The molecule has 3 rings (SSSR count). The first-order chi connectivity index (χ1) is 19.1. The van der Waals surface area contributed by atoms with Crippen LogP contribution < -0.4 is 14.4 Å². The third-order valence-electron chi connectivity index (χ3n) is 7.19. The number of nitrogens with zero attached hydrogens (tertiary/aromatic N) is 2. The Labute approximate surface area is 244 Å². The van der Waals surface area contributed by atoms with E-state index in [0.29, 0.717) is 29.5 Å². The van der Waals surface area contributed by atoms with Gasteiger partial charge in [-0.1, -0.05) is 62.1 Å². The number of amides is 2. The van der Waals surface area contributed by atoms with E-state index in [1.807, 2.05) is 26.0 Å². The molecule has 1 aliphatic rings. The van der Waals surface area contributed by atoms with Crippen LogP contribution in [0.1, 0.15) is 70.8 Å². The van der Waals surface area contributed by atoms with Gasteiger partial charge in [-0.3, -0.25) is 13.9 Å². The zero-order valence-electron chi connectivity index (χ0n) is 23.8. The van der Waals surface area contributed by atoms with Gasteiger partial charge in [-0.2, -0.15) is 0 Å². The lowest BCUT2D eigenvalue weighted by atomic mass is 9.95. The lowest BCUT2D eigenvalue weighted by molar-refractivity contribution is -0.141. The molecule has 0 aliphatic heterocycles. The summed E-state index contributed by atoms with van der Waals surface area (Å²) in [6.07, 6.45) is 7.27. The highest BCUT2D eigenvalue weighted by Gasteiger charge is 2.30. The van der Waals surface area contributed by atoms with E-state index >= 15 is 0 Å². The number of hydrogen-bond acceptors (Lipinski definition) is 5. The van der Waals surface area contributed by atoms with Gasteiger partial charge < -0.3 is 15.0 Å². The van der Waals surface area contributed by atoms with E-state index in [0.717, 1.165) is 37.5 Å². The number of rotatable bonds is 14. The summed E-state index contributed by atoms with van der Waals surface area (Å²) in [5.41, 5.74) is 1.31. The van der Waals surface area contributed by atoms with Crippen LogP contribution in [-0.2, 0) is 26.2 Å². The Balaban J connectivity index is 1.77. The minimum atomic E-state index is -3.63. The molecule has 0 aromatic heterocycles. The number of halogens is 1. The molecule has 2 amide bonds. The standard InChI is InChI=1S/C30H42ClN3O5S/c1-4-26(30(36)32-25-12-7-6-8-13-25)33(22-23-17-19-24(31)20-18-23)29(35)16-11-21-34(40(3,37)38)27-14-9-10-15-28(27)39-5-2/h9-10,14-15,17-20,25-26H,4-8,11-13,16,21-22H2,1-3H3,(H,32,36)/t26-/m1/s1. The molecule has 8 nitrogen and oxygen atoms in total. The van der Waals surface area contributed by atoms with Crippen LogP contribution in [0.25, 0.3) is 0 Å². The molecule has 2 aromatic carbocycles. The molecule has 1 aliphatic carbocycles. The summed E-state index contributed by atoms with van der Waals surface area (Å²) in [7, 11) is -3.63. The number of carbonyl (C=O) groups excluding carboxylic acids is 2. The first kappa shape index (κ1) is 31.7. The van der Waals surface area contributed by atoms with Crippen molar-refractivity contribution in [3.05, 3.63) is 59.1 Å². The number of benzene rings is 2. The van der Waals surface area contributed by atoms with Crippen molar-refractivity contribution in [2.45, 2.75) is 83.8 Å². The van der Waals surface area contributed by atoms with Crippen LogP contribution in [0.15, 0.2) is 48.5 Å². The van der Waals surface area contributed by atoms with Crippen molar-refractivity contribution in [3.63, 3.8) is 0 Å². The van der Waals surface area contributed by atoms with Gasteiger partial charge in [0.1, 0.15) is 11.8 Å². The van der Waals surface area contributed by atoms with Gasteiger partial charge >= 0.3 is 0 Å². The van der Waals surface area contributed by atoms with Gasteiger partial charge in [0.15, 0.2) is 0 Å². The van der Waals surface area contributed by atoms with E-state index in [2.05, 4.69) is 5.32 Å². The second-order valence-electron chi connectivity index (χ2n) is 10.3. The topological polar surface area (TPSA) is 96.0 Å². The molecule has 40 heavy (non-hydrogen) atoms. The average molecular weight is 592 g/mol. The number of nitrogens with one attached hydrogen (secondary N) is 1. The smallest absolute Gasteiger partial charge is 0.243 e. The summed E-state index contributed by atoms with van der Waals surface area (Å²) in [4.78, 5) is 28.7. The molecule has 220 valence electrons. The number of hydrogen-bond donors (Lipinski definition) is 1. The van der Waals surface area contributed by atoms with Gasteiger partial charge in [-0.15, -0.1) is 0 Å². The second-order valence-corrected chi connectivity index (χ2v) is 12.6. The van der Waals surface area contributed by atoms with Crippen LogP contribution in [0.4, 0.5) is 5.69 Å². The Morgan fingerprint density at radius 1 is 1.05 bits per heavy atom.